The smallest absolute Gasteiger partial charge is 0.294 e. The predicted molar refractivity (Wildman–Crippen MR) is 131 cm³/mol. The van der Waals surface area contributed by atoms with Gasteiger partial charge in [0.1, 0.15) is 5.75 Å². The van der Waals surface area contributed by atoms with Crippen LogP contribution in [0.25, 0.3) is 11.0 Å². The number of nitrogens with zero attached hydrogens (tertiary/aromatic N) is 1. The normalized spacial score (nSPS) is 15.7. The van der Waals surface area contributed by atoms with Crippen molar-refractivity contribution in [3.63, 3.8) is 0 Å². The summed E-state index contributed by atoms with van der Waals surface area (Å²) in [5.74, 6) is -1.01. The van der Waals surface area contributed by atoms with Crippen LogP contribution in [0.3, 0.4) is 0 Å². The zero-order chi connectivity index (χ0) is 24.7. The fraction of sp³-hybridized carbons (Fsp3) is 0.111. The third-order valence-electron chi connectivity index (χ3n) is 5.91. The number of anilines is 1. The van der Waals surface area contributed by atoms with Gasteiger partial charge in [-0.2, -0.15) is 0 Å². The van der Waals surface area contributed by atoms with Gasteiger partial charge in [-0.3, -0.25) is 14.5 Å². The standard InChI is InChI=1S/C27H20ClNO6/c1-33-19-10-8-18(9-11-19)29-23(15-6-4-3-5-7-15)22(25(31)27(29)32)24(30)20-13-16-12-17(28)14-21(34-2)26(16)35-20/h3-14,23,31H,1-2H3. The maximum absolute atomic E-state index is 13.7. The van der Waals surface area contributed by atoms with Gasteiger partial charge in [-0.25, -0.2) is 0 Å². The van der Waals surface area contributed by atoms with Crippen LogP contribution in [0.4, 0.5) is 5.69 Å². The van der Waals surface area contributed by atoms with Gasteiger partial charge < -0.3 is 19.0 Å². The van der Waals surface area contributed by atoms with Crippen molar-refractivity contribution in [3.05, 3.63) is 100 Å². The zero-order valence-corrected chi connectivity index (χ0v) is 19.6. The van der Waals surface area contributed by atoms with Gasteiger partial charge in [-0.1, -0.05) is 41.9 Å². The molecule has 7 nitrogen and oxygen atoms in total. The minimum absolute atomic E-state index is 0.0487. The van der Waals surface area contributed by atoms with E-state index < -0.39 is 23.5 Å². The first kappa shape index (κ1) is 22.6. The molecule has 0 saturated heterocycles. The summed E-state index contributed by atoms with van der Waals surface area (Å²) in [6.07, 6.45) is 0. The highest BCUT2D eigenvalue weighted by molar-refractivity contribution is 6.31. The number of carbonyl (C=O) groups excluding carboxylic acids is 2. The number of rotatable bonds is 6. The summed E-state index contributed by atoms with van der Waals surface area (Å²) in [4.78, 5) is 28.4. The highest BCUT2D eigenvalue weighted by Gasteiger charge is 2.45. The van der Waals surface area contributed by atoms with Crippen LogP contribution >= 0.6 is 11.6 Å². The van der Waals surface area contributed by atoms with Crippen LogP contribution < -0.4 is 14.4 Å². The Kier molecular flexibility index (Phi) is 5.70. The van der Waals surface area contributed by atoms with Crippen molar-refractivity contribution in [3.8, 4) is 11.5 Å². The van der Waals surface area contributed by atoms with Crippen molar-refractivity contribution >= 4 is 39.9 Å². The van der Waals surface area contributed by atoms with Crippen molar-refractivity contribution in [1.29, 1.82) is 0 Å². The van der Waals surface area contributed by atoms with E-state index in [0.717, 1.165) is 0 Å². The molecule has 0 fully saturated rings. The topological polar surface area (TPSA) is 89.2 Å². The van der Waals surface area contributed by atoms with E-state index in [1.807, 2.05) is 6.07 Å². The number of hydrogen-bond donors (Lipinski definition) is 1. The summed E-state index contributed by atoms with van der Waals surface area (Å²) >= 11 is 6.16. The fourth-order valence-corrected chi connectivity index (χ4v) is 4.50. The molecule has 1 atom stereocenters. The first-order chi connectivity index (χ1) is 16.9. The van der Waals surface area contributed by atoms with Gasteiger partial charge in [-0.05, 0) is 42.0 Å². The summed E-state index contributed by atoms with van der Waals surface area (Å²) in [6, 6.07) is 19.7. The van der Waals surface area contributed by atoms with Crippen LogP contribution in [0.15, 0.2) is 88.5 Å². The summed E-state index contributed by atoms with van der Waals surface area (Å²) in [7, 11) is 3.01. The third kappa shape index (κ3) is 3.80. The maximum Gasteiger partial charge on any atom is 0.294 e. The number of furan rings is 1. The quantitative estimate of drug-likeness (QED) is 0.340. The SMILES string of the molecule is COc1ccc(N2C(=O)C(O)=C(C(=O)c3cc4cc(Cl)cc(OC)c4o3)C2c2ccccc2)cc1. The first-order valence-electron chi connectivity index (χ1n) is 10.7. The molecule has 0 spiro atoms. The van der Waals surface area contributed by atoms with Crippen molar-refractivity contribution in [2.24, 2.45) is 0 Å². The van der Waals surface area contributed by atoms with E-state index in [0.29, 0.717) is 38.7 Å². The Morgan fingerprint density at radius 2 is 1.71 bits per heavy atom. The molecule has 0 saturated carbocycles. The van der Waals surface area contributed by atoms with Gasteiger partial charge >= 0.3 is 0 Å². The highest BCUT2D eigenvalue weighted by atomic mass is 35.5. The van der Waals surface area contributed by atoms with Gasteiger partial charge in [-0.15, -0.1) is 0 Å². The molecule has 3 aromatic carbocycles. The molecule has 0 radical (unpaired) electrons. The Hall–Kier alpha value is -4.23. The average Bonchev–Trinajstić information content (AvgIpc) is 3.42. The van der Waals surface area contributed by atoms with E-state index in [1.165, 1.54) is 18.1 Å². The Balaban J connectivity index is 1.64. The number of amides is 1. The molecular formula is C27H20ClNO6. The van der Waals surface area contributed by atoms with E-state index in [9.17, 15) is 14.7 Å². The van der Waals surface area contributed by atoms with E-state index >= 15 is 0 Å². The highest BCUT2D eigenvalue weighted by Crippen LogP contribution is 2.43. The van der Waals surface area contributed by atoms with Gasteiger partial charge in [0.2, 0.25) is 5.78 Å². The lowest BCUT2D eigenvalue weighted by molar-refractivity contribution is -0.117. The Morgan fingerprint density at radius 1 is 1.00 bits per heavy atom. The second-order valence-corrected chi connectivity index (χ2v) is 8.35. The number of ketones is 1. The van der Waals surface area contributed by atoms with Crippen molar-refractivity contribution in [2.45, 2.75) is 6.04 Å². The number of aliphatic hydroxyl groups is 1. The lowest BCUT2D eigenvalue weighted by atomic mass is 9.95. The number of Topliss-reactive ketones (excluding diaryl/α,β-unsaturated/α-hetero) is 1. The number of methoxy groups -OCH3 is 2. The number of carbonyl (C=O) groups is 2. The minimum Gasteiger partial charge on any atom is -0.503 e. The minimum atomic E-state index is -0.872. The molecule has 1 aliphatic rings. The van der Waals surface area contributed by atoms with E-state index in [-0.39, 0.29) is 11.3 Å². The van der Waals surface area contributed by atoms with Crippen LogP contribution in [0.5, 0.6) is 11.5 Å². The molecule has 0 bridgehead atoms. The summed E-state index contributed by atoms with van der Waals surface area (Å²) in [5.41, 5.74) is 1.41. The van der Waals surface area contributed by atoms with Crippen LogP contribution in [0, 0.1) is 0 Å². The zero-order valence-electron chi connectivity index (χ0n) is 18.8. The van der Waals surface area contributed by atoms with Gasteiger partial charge in [0, 0.05) is 22.2 Å². The van der Waals surface area contributed by atoms with Gasteiger partial charge in [0.15, 0.2) is 22.9 Å². The van der Waals surface area contributed by atoms with E-state index in [2.05, 4.69) is 0 Å². The van der Waals surface area contributed by atoms with Gasteiger partial charge in [0.05, 0.1) is 25.8 Å². The van der Waals surface area contributed by atoms with Crippen LogP contribution in [0.2, 0.25) is 5.02 Å². The summed E-state index contributed by atoms with van der Waals surface area (Å²) in [6.45, 7) is 0. The first-order valence-corrected chi connectivity index (χ1v) is 11.1. The molecule has 1 N–H and O–H groups in total. The number of aliphatic hydroxyl groups excluding tert-OH is 1. The van der Waals surface area contributed by atoms with Crippen LogP contribution in [0.1, 0.15) is 22.2 Å². The molecule has 4 aromatic rings. The second-order valence-electron chi connectivity index (χ2n) is 7.91. The number of hydrogen-bond acceptors (Lipinski definition) is 6. The molecule has 1 aliphatic heterocycles. The Morgan fingerprint density at radius 3 is 2.37 bits per heavy atom. The van der Waals surface area contributed by atoms with Gasteiger partial charge in [0.25, 0.3) is 5.91 Å². The van der Waals surface area contributed by atoms with Crippen molar-refractivity contribution in [1.82, 2.24) is 0 Å². The summed E-state index contributed by atoms with van der Waals surface area (Å²) < 4.78 is 16.4. The molecule has 2 heterocycles. The van der Waals surface area contributed by atoms with E-state index in [4.69, 9.17) is 25.5 Å². The third-order valence-corrected chi connectivity index (χ3v) is 6.13. The van der Waals surface area contributed by atoms with E-state index in [1.54, 1.807) is 67.8 Å². The van der Waals surface area contributed by atoms with Crippen LogP contribution in [-0.4, -0.2) is 31.0 Å². The Labute approximate surface area is 205 Å². The fourth-order valence-electron chi connectivity index (χ4n) is 4.28. The average molecular weight is 490 g/mol. The Bertz CT molecular complexity index is 1470. The molecule has 8 heteroatoms. The van der Waals surface area contributed by atoms with Crippen LogP contribution in [-0.2, 0) is 4.79 Å². The van der Waals surface area contributed by atoms with Crippen molar-refractivity contribution < 1.29 is 28.6 Å². The number of benzene rings is 3. The molecule has 35 heavy (non-hydrogen) atoms. The number of fused-ring (bicyclic) bond motifs is 1. The molecule has 1 unspecified atom stereocenters. The number of halogens is 1. The lowest BCUT2D eigenvalue weighted by Crippen LogP contribution is -2.31. The largest absolute Gasteiger partial charge is 0.503 e. The number of ether oxygens (including phenoxy) is 2. The second kappa shape index (κ2) is 8.85. The maximum atomic E-state index is 13.7. The molecule has 176 valence electrons. The molecule has 0 aliphatic carbocycles. The predicted octanol–water partition coefficient (Wildman–Crippen LogP) is 5.89. The lowest BCUT2D eigenvalue weighted by Gasteiger charge is -2.26. The van der Waals surface area contributed by atoms with Crippen molar-refractivity contribution in [2.75, 3.05) is 19.1 Å². The monoisotopic (exact) mass is 489 g/mol. The molecule has 1 aromatic heterocycles. The molecular weight excluding hydrogens is 470 g/mol. The molecule has 5 rings (SSSR count). The molecule has 1 amide bonds. The summed E-state index contributed by atoms with van der Waals surface area (Å²) in [5, 5.41) is 11.9.